The average molecular weight is 240 g/mol. The summed E-state index contributed by atoms with van der Waals surface area (Å²) in [5.74, 6) is -0.436. The number of pyridine rings is 1. The van der Waals surface area contributed by atoms with Gasteiger partial charge >= 0.3 is 0 Å². The van der Waals surface area contributed by atoms with Gasteiger partial charge in [-0.3, -0.25) is 9.78 Å². The SMILES string of the molecule is Cc1ccc(C2(O)C(=O)Nc3ccccc32)cn1. The lowest BCUT2D eigenvalue weighted by atomic mass is 9.88. The summed E-state index contributed by atoms with van der Waals surface area (Å²) in [7, 11) is 0. The molecular weight excluding hydrogens is 228 g/mol. The minimum absolute atomic E-state index is 0.436. The summed E-state index contributed by atoms with van der Waals surface area (Å²) < 4.78 is 0. The van der Waals surface area contributed by atoms with E-state index in [-0.39, 0.29) is 0 Å². The number of para-hydroxylation sites is 1. The van der Waals surface area contributed by atoms with Gasteiger partial charge in [0.15, 0.2) is 5.60 Å². The highest BCUT2D eigenvalue weighted by atomic mass is 16.3. The van der Waals surface area contributed by atoms with Crippen LogP contribution in [0.3, 0.4) is 0 Å². The van der Waals surface area contributed by atoms with Gasteiger partial charge in [-0.05, 0) is 19.1 Å². The van der Waals surface area contributed by atoms with Crippen molar-refractivity contribution in [1.82, 2.24) is 4.98 Å². The van der Waals surface area contributed by atoms with Crippen molar-refractivity contribution >= 4 is 11.6 Å². The van der Waals surface area contributed by atoms with Gasteiger partial charge in [0.25, 0.3) is 5.91 Å². The highest BCUT2D eigenvalue weighted by Crippen LogP contribution is 2.40. The first-order valence-corrected chi connectivity index (χ1v) is 5.69. The van der Waals surface area contributed by atoms with Gasteiger partial charge in [-0.15, -0.1) is 0 Å². The molecule has 0 aliphatic carbocycles. The number of anilines is 1. The van der Waals surface area contributed by atoms with Crippen LogP contribution < -0.4 is 5.32 Å². The van der Waals surface area contributed by atoms with E-state index in [0.717, 1.165) is 5.69 Å². The highest BCUT2D eigenvalue weighted by Gasteiger charge is 2.46. The Hall–Kier alpha value is -2.20. The summed E-state index contributed by atoms with van der Waals surface area (Å²) in [6.07, 6.45) is 1.54. The molecule has 0 bridgehead atoms. The number of aryl methyl sites for hydroxylation is 1. The van der Waals surface area contributed by atoms with Gasteiger partial charge in [0, 0.05) is 28.7 Å². The molecular formula is C14H12N2O2. The van der Waals surface area contributed by atoms with E-state index in [1.165, 1.54) is 6.20 Å². The zero-order valence-corrected chi connectivity index (χ0v) is 9.84. The first-order chi connectivity index (χ1) is 8.62. The van der Waals surface area contributed by atoms with Gasteiger partial charge in [-0.2, -0.15) is 0 Å². The van der Waals surface area contributed by atoms with E-state index < -0.39 is 11.5 Å². The summed E-state index contributed by atoms with van der Waals surface area (Å²) in [4.78, 5) is 16.2. The second-order valence-corrected chi connectivity index (χ2v) is 4.40. The Morgan fingerprint density at radius 1 is 1.22 bits per heavy atom. The first-order valence-electron chi connectivity index (χ1n) is 5.69. The lowest BCUT2D eigenvalue weighted by Gasteiger charge is -2.20. The number of benzene rings is 1. The lowest BCUT2D eigenvalue weighted by molar-refractivity contribution is -0.129. The molecule has 18 heavy (non-hydrogen) atoms. The van der Waals surface area contributed by atoms with Crippen molar-refractivity contribution in [2.24, 2.45) is 0 Å². The molecule has 0 saturated heterocycles. The van der Waals surface area contributed by atoms with Crippen molar-refractivity contribution in [3.8, 4) is 0 Å². The third-order valence-corrected chi connectivity index (χ3v) is 3.22. The van der Waals surface area contributed by atoms with E-state index in [4.69, 9.17) is 0 Å². The molecule has 0 fully saturated rings. The minimum Gasteiger partial charge on any atom is -0.372 e. The van der Waals surface area contributed by atoms with Gasteiger partial charge in [0.2, 0.25) is 0 Å². The number of nitrogens with zero attached hydrogens (tertiary/aromatic N) is 1. The number of aliphatic hydroxyl groups is 1. The van der Waals surface area contributed by atoms with E-state index in [9.17, 15) is 9.90 Å². The number of nitrogens with one attached hydrogen (secondary N) is 1. The fourth-order valence-corrected chi connectivity index (χ4v) is 2.21. The Labute approximate surface area is 104 Å². The number of carbonyl (C=O) groups excluding carboxylic acids is 1. The molecule has 2 heterocycles. The number of carbonyl (C=O) groups is 1. The van der Waals surface area contributed by atoms with Crippen LogP contribution in [0.4, 0.5) is 5.69 Å². The van der Waals surface area contributed by atoms with Crippen LogP contribution in [0, 0.1) is 6.92 Å². The summed E-state index contributed by atoms with van der Waals surface area (Å²) in [5, 5.41) is 13.4. The number of amides is 1. The van der Waals surface area contributed by atoms with Crippen LogP contribution in [0.5, 0.6) is 0 Å². The lowest BCUT2D eigenvalue weighted by Crippen LogP contribution is -2.35. The van der Waals surface area contributed by atoms with E-state index in [1.807, 2.05) is 13.0 Å². The van der Waals surface area contributed by atoms with Crippen molar-refractivity contribution in [3.63, 3.8) is 0 Å². The normalized spacial score (nSPS) is 21.6. The molecule has 1 unspecified atom stereocenters. The number of fused-ring (bicyclic) bond motifs is 1. The molecule has 0 radical (unpaired) electrons. The van der Waals surface area contributed by atoms with E-state index in [1.54, 1.807) is 30.3 Å². The highest BCUT2D eigenvalue weighted by molar-refractivity contribution is 6.07. The molecule has 90 valence electrons. The molecule has 0 saturated carbocycles. The zero-order valence-electron chi connectivity index (χ0n) is 9.84. The Bertz CT molecular complexity index is 622. The van der Waals surface area contributed by atoms with Gasteiger partial charge in [0.1, 0.15) is 0 Å². The van der Waals surface area contributed by atoms with E-state index in [2.05, 4.69) is 10.3 Å². The molecule has 1 aliphatic rings. The second-order valence-electron chi connectivity index (χ2n) is 4.40. The van der Waals surface area contributed by atoms with Crippen LogP contribution in [0.25, 0.3) is 0 Å². The molecule has 3 rings (SSSR count). The Morgan fingerprint density at radius 3 is 2.72 bits per heavy atom. The van der Waals surface area contributed by atoms with E-state index >= 15 is 0 Å². The summed E-state index contributed by atoms with van der Waals surface area (Å²) in [6, 6.07) is 10.6. The second kappa shape index (κ2) is 3.65. The molecule has 4 heteroatoms. The molecule has 0 spiro atoms. The largest absolute Gasteiger partial charge is 0.372 e. The average Bonchev–Trinajstić information content (AvgIpc) is 2.64. The molecule has 1 aliphatic heterocycles. The number of aromatic nitrogens is 1. The van der Waals surface area contributed by atoms with Crippen molar-refractivity contribution in [2.45, 2.75) is 12.5 Å². The smallest absolute Gasteiger partial charge is 0.265 e. The fourth-order valence-electron chi connectivity index (χ4n) is 2.21. The van der Waals surface area contributed by atoms with Crippen LogP contribution in [-0.4, -0.2) is 16.0 Å². The van der Waals surface area contributed by atoms with Crippen molar-refractivity contribution in [1.29, 1.82) is 0 Å². The Kier molecular flexibility index (Phi) is 2.21. The fraction of sp³-hybridized carbons (Fsp3) is 0.143. The third kappa shape index (κ3) is 1.36. The van der Waals surface area contributed by atoms with E-state index in [0.29, 0.717) is 16.8 Å². The molecule has 4 nitrogen and oxygen atoms in total. The van der Waals surface area contributed by atoms with Gasteiger partial charge in [-0.25, -0.2) is 0 Å². The van der Waals surface area contributed by atoms with Crippen LogP contribution in [0.2, 0.25) is 0 Å². The van der Waals surface area contributed by atoms with Crippen LogP contribution in [-0.2, 0) is 10.4 Å². The summed E-state index contributed by atoms with van der Waals surface area (Å²) >= 11 is 0. The number of hydrogen-bond acceptors (Lipinski definition) is 3. The van der Waals surface area contributed by atoms with Crippen LogP contribution in [0.1, 0.15) is 16.8 Å². The zero-order chi connectivity index (χ0) is 12.8. The molecule has 1 amide bonds. The quantitative estimate of drug-likeness (QED) is 0.795. The van der Waals surface area contributed by atoms with Crippen LogP contribution >= 0.6 is 0 Å². The molecule has 2 aromatic rings. The minimum atomic E-state index is -1.64. The number of hydrogen-bond donors (Lipinski definition) is 2. The molecule has 1 aromatic carbocycles. The maximum Gasteiger partial charge on any atom is 0.265 e. The van der Waals surface area contributed by atoms with Gasteiger partial charge in [-0.1, -0.05) is 24.3 Å². The van der Waals surface area contributed by atoms with Gasteiger partial charge < -0.3 is 10.4 Å². The third-order valence-electron chi connectivity index (χ3n) is 3.22. The predicted molar refractivity (Wildman–Crippen MR) is 67.0 cm³/mol. The van der Waals surface area contributed by atoms with Crippen molar-refractivity contribution < 1.29 is 9.90 Å². The Balaban J connectivity index is 2.20. The van der Waals surface area contributed by atoms with Crippen molar-refractivity contribution in [3.05, 3.63) is 59.4 Å². The molecule has 1 atom stereocenters. The summed E-state index contributed by atoms with van der Waals surface area (Å²) in [5.41, 5.74) is 0.896. The topological polar surface area (TPSA) is 62.2 Å². The monoisotopic (exact) mass is 240 g/mol. The van der Waals surface area contributed by atoms with Crippen LogP contribution in [0.15, 0.2) is 42.6 Å². The summed E-state index contributed by atoms with van der Waals surface area (Å²) in [6.45, 7) is 1.86. The predicted octanol–water partition coefficient (Wildman–Crippen LogP) is 1.58. The molecule has 2 N–H and O–H groups in total. The first kappa shape index (κ1) is 10.9. The standard InChI is InChI=1S/C14H12N2O2/c1-9-6-7-10(8-15-9)14(18)11-4-2-3-5-12(11)16-13(14)17/h2-8,18H,1H3,(H,16,17). The van der Waals surface area contributed by atoms with Gasteiger partial charge in [0.05, 0.1) is 0 Å². The van der Waals surface area contributed by atoms with Crippen molar-refractivity contribution in [2.75, 3.05) is 5.32 Å². The molecule has 1 aromatic heterocycles. The Morgan fingerprint density at radius 2 is 2.00 bits per heavy atom. The maximum absolute atomic E-state index is 12.0. The maximum atomic E-state index is 12.0. The number of rotatable bonds is 1.